The molecule has 0 bridgehead atoms. The molecule has 0 saturated heterocycles. The number of ether oxygens (including phenoxy) is 1. The van der Waals surface area contributed by atoms with E-state index in [9.17, 15) is 4.79 Å². The highest BCUT2D eigenvalue weighted by atomic mass is 35.5. The fourth-order valence-corrected chi connectivity index (χ4v) is 2.30. The van der Waals surface area contributed by atoms with Gasteiger partial charge in [0.05, 0.1) is 19.4 Å². The fourth-order valence-electron chi connectivity index (χ4n) is 2.17. The van der Waals surface area contributed by atoms with Crippen LogP contribution in [0.3, 0.4) is 0 Å². The molecule has 7 nitrogen and oxygen atoms in total. The van der Waals surface area contributed by atoms with Crippen LogP contribution in [0.4, 0.5) is 0 Å². The van der Waals surface area contributed by atoms with Gasteiger partial charge in [-0.3, -0.25) is 4.79 Å². The quantitative estimate of drug-likeness (QED) is 0.451. The number of hydrogen-bond donors (Lipinski definition) is 3. The molecule has 27 heavy (non-hydrogen) atoms. The van der Waals surface area contributed by atoms with Crippen LogP contribution in [-0.2, 0) is 11.3 Å². The molecule has 0 spiro atoms. The highest BCUT2D eigenvalue weighted by molar-refractivity contribution is 6.30. The van der Waals surface area contributed by atoms with Crippen molar-refractivity contribution in [2.45, 2.75) is 26.5 Å². The molecule has 1 heterocycles. The molecule has 8 heteroatoms. The Balaban J connectivity index is 1.76. The number of rotatable bonds is 9. The molecule has 0 fully saturated rings. The van der Waals surface area contributed by atoms with Crippen LogP contribution >= 0.6 is 11.6 Å². The van der Waals surface area contributed by atoms with Crippen LogP contribution in [0, 0.1) is 0 Å². The third-order valence-corrected chi connectivity index (χ3v) is 3.72. The van der Waals surface area contributed by atoms with E-state index >= 15 is 0 Å². The number of amides is 1. The molecule has 0 radical (unpaired) electrons. The second kappa shape index (κ2) is 11.1. The van der Waals surface area contributed by atoms with Crippen LogP contribution in [0.5, 0.6) is 5.75 Å². The number of carbonyl (C=O) groups is 1. The molecule has 0 aliphatic rings. The van der Waals surface area contributed by atoms with E-state index in [4.69, 9.17) is 20.8 Å². The molecule has 3 N–H and O–H groups in total. The molecule has 0 aliphatic carbocycles. The van der Waals surface area contributed by atoms with Crippen LogP contribution in [0.1, 0.15) is 19.6 Å². The highest BCUT2D eigenvalue weighted by Gasteiger charge is 2.07. The van der Waals surface area contributed by atoms with E-state index in [0.29, 0.717) is 36.4 Å². The van der Waals surface area contributed by atoms with E-state index in [-0.39, 0.29) is 18.6 Å². The van der Waals surface area contributed by atoms with Gasteiger partial charge >= 0.3 is 0 Å². The first kappa shape index (κ1) is 20.6. The molecule has 0 saturated carbocycles. The Bertz CT molecular complexity index is 717. The van der Waals surface area contributed by atoms with E-state index in [2.05, 4.69) is 20.9 Å². The molecular formula is C19H25ClN4O3. The molecule has 1 aromatic heterocycles. The van der Waals surface area contributed by atoms with Gasteiger partial charge in [0.1, 0.15) is 24.2 Å². The van der Waals surface area contributed by atoms with Crippen LogP contribution in [0.2, 0.25) is 5.02 Å². The fraction of sp³-hybridized carbons (Fsp3) is 0.368. The van der Waals surface area contributed by atoms with E-state index in [1.165, 1.54) is 0 Å². The first-order valence-corrected chi connectivity index (χ1v) is 9.18. The zero-order valence-corrected chi connectivity index (χ0v) is 16.3. The standard InChI is InChI=1S/C19H25ClN4O3/c1-3-21-19(24-13-18(25)22-12-17-5-4-10-26-17)23-11-14(2)27-16-8-6-15(20)7-9-16/h4-10,14H,3,11-13H2,1-2H3,(H,22,25)(H2,21,23,24). The number of nitrogens with zero attached hydrogens (tertiary/aromatic N) is 1. The first-order chi connectivity index (χ1) is 13.1. The minimum absolute atomic E-state index is 0.0163. The van der Waals surface area contributed by atoms with Crippen LogP contribution in [0.15, 0.2) is 52.1 Å². The van der Waals surface area contributed by atoms with Crippen LogP contribution in [-0.4, -0.2) is 37.6 Å². The largest absolute Gasteiger partial charge is 0.489 e. The topological polar surface area (TPSA) is 87.9 Å². The van der Waals surface area contributed by atoms with Crippen molar-refractivity contribution in [2.75, 3.05) is 19.6 Å². The zero-order valence-electron chi connectivity index (χ0n) is 15.5. The number of hydrogen-bond acceptors (Lipinski definition) is 4. The number of nitrogens with one attached hydrogen (secondary N) is 3. The summed E-state index contributed by atoms with van der Waals surface area (Å²) >= 11 is 5.87. The lowest BCUT2D eigenvalue weighted by Gasteiger charge is -2.17. The Kier molecular flexibility index (Phi) is 8.51. The maximum Gasteiger partial charge on any atom is 0.242 e. The summed E-state index contributed by atoms with van der Waals surface area (Å²) in [6, 6.07) is 10.8. The summed E-state index contributed by atoms with van der Waals surface area (Å²) in [5.74, 6) is 1.81. The Morgan fingerprint density at radius 2 is 2.00 bits per heavy atom. The molecular weight excluding hydrogens is 368 g/mol. The molecule has 1 unspecified atom stereocenters. The van der Waals surface area contributed by atoms with E-state index < -0.39 is 0 Å². The van der Waals surface area contributed by atoms with Gasteiger partial charge in [0.25, 0.3) is 0 Å². The van der Waals surface area contributed by atoms with Crippen molar-refractivity contribution in [3.8, 4) is 5.75 Å². The second-order valence-electron chi connectivity index (χ2n) is 5.81. The lowest BCUT2D eigenvalue weighted by molar-refractivity contribution is -0.119. The third kappa shape index (κ3) is 8.04. The second-order valence-corrected chi connectivity index (χ2v) is 6.25. The van der Waals surface area contributed by atoms with Gasteiger partial charge < -0.3 is 25.1 Å². The molecule has 1 atom stereocenters. The van der Waals surface area contributed by atoms with Gasteiger partial charge in [-0.2, -0.15) is 0 Å². The van der Waals surface area contributed by atoms with Crippen molar-refractivity contribution in [3.05, 3.63) is 53.4 Å². The number of aliphatic imine (C=N–C) groups is 1. The average molecular weight is 393 g/mol. The summed E-state index contributed by atoms with van der Waals surface area (Å²) in [5.41, 5.74) is 0. The van der Waals surface area contributed by atoms with Gasteiger partial charge in [-0.05, 0) is 50.2 Å². The Hall–Kier alpha value is -2.67. The SMILES string of the molecule is CCNC(=NCC(=O)NCc1ccco1)NCC(C)Oc1ccc(Cl)cc1. The number of carbonyl (C=O) groups excluding carboxylic acids is 1. The third-order valence-electron chi connectivity index (χ3n) is 3.47. The zero-order chi connectivity index (χ0) is 19.5. The average Bonchev–Trinajstić information content (AvgIpc) is 3.18. The van der Waals surface area contributed by atoms with E-state index in [1.807, 2.05) is 26.0 Å². The van der Waals surface area contributed by atoms with Crippen molar-refractivity contribution in [1.29, 1.82) is 0 Å². The summed E-state index contributed by atoms with van der Waals surface area (Å²) in [7, 11) is 0. The van der Waals surface area contributed by atoms with Crippen molar-refractivity contribution < 1.29 is 13.9 Å². The first-order valence-electron chi connectivity index (χ1n) is 8.80. The van der Waals surface area contributed by atoms with Gasteiger partial charge in [0, 0.05) is 11.6 Å². The summed E-state index contributed by atoms with van der Waals surface area (Å²) in [4.78, 5) is 16.2. The van der Waals surface area contributed by atoms with Crippen molar-refractivity contribution in [1.82, 2.24) is 16.0 Å². The normalized spacial score (nSPS) is 12.3. The maximum absolute atomic E-state index is 11.9. The molecule has 146 valence electrons. The minimum Gasteiger partial charge on any atom is -0.489 e. The number of benzene rings is 1. The lowest BCUT2D eigenvalue weighted by atomic mass is 10.3. The Morgan fingerprint density at radius 1 is 1.22 bits per heavy atom. The Morgan fingerprint density at radius 3 is 2.67 bits per heavy atom. The summed E-state index contributed by atoms with van der Waals surface area (Å²) < 4.78 is 11.0. The molecule has 2 rings (SSSR count). The number of halogens is 1. The molecule has 0 aliphatic heterocycles. The number of furan rings is 1. The summed E-state index contributed by atoms with van der Waals surface area (Å²) in [6.07, 6.45) is 1.47. The minimum atomic E-state index is -0.186. The summed E-state index contributed by atoms with van der Waals surface area (Å²) in [5, 5.41) is 9.69. The van der Waals surface area contributed by atoms with Crippen LogP contribution < -0.4 is 20.7 Å². The summed E-state index contributed by atoms with van der Waals surface area (Å²) in [6.45, 7) is 5.48. The predicted octanol–water partition coefficient (Wildman–Crippen LogP) is 2.57. The van der Waals surface area contributed by atoms with Gasteiger partial charge in [-0.15, -0.1) is 0 Å². The molecule has 2 aromatic rings. The van der Waals surface area contributed by atoms with Gasteiger partial charge in [0.15, 0.2) is 5.96 Å². The lowest BCUT2D eigenvalue weighted by Crippen LogP contribution is -2.42. The maximum atomic E-state index is 11.9. The van der Waals surface area contributed by atoms with E-state index in [0.717, 1.165) is 5.75 Å². The molecule has 1 amide bonds. The monoisotopic (exact) mass is 392 g/mol. The highest BCUT2D eigenvalue weighted by Crippen LogP contribution is 2.16. The number of guanidine groups is 1. The Labute approximate surface area is 164 Å². The van der Waals surface area contributed by atoms with Crippen molar-refractivity contribution in [2.24, 2.45) is 4.99 Å². The predicted molar refractivity (Wildman–Crippen MR) is 106 cm³/mol. The molecule has 1 aromatic carbocycles. The van der Waals surface area contributed by atoms with Crippen molar-refractivity contribution in [3.63, 3.8) is 0 Å². The van der Waals surface area contributed by atoms with Gasteiger partial charge in [-0.25, -0.2) is 4.99 Å². The smallest absolute Gasteiger partial charge is 0.242 e. The van der Waals surface area contributed by atoms with Crippen molar-refractivity contribution >= 4 is 23.5 Å². The van der Waals surface area contributed by atoms with Gasteiger partial charge in [-0.1, -0.05) is 11.6 Å². The van der Waals surface area contributed by atoms with Gasteiger partial charge in [0.2, 0.25) is 5.91 Å². The van der Waals surface area contributed by atoms with E-state index in [1.54, 1.807) is 30.5 Å². The van der Waals surface area contributed by atoms with Crippen LogP contribution in [0.25, 0.3) is 0 Å².